The highest BCUT2D eigenvalue weighted by molar-refractivity contribution is 7.16. The molecule has 0 spiro atoms. The van der Waals surface area contributed by atoms with Gasteiger partial charge in [-0.2, -0.15) is 0 Å². The van der Waals surface area contributed by atoms with Crippen molar-refractivity contribution in [3.63, 3.8) is 0 Å². The van der Waals surface area contributed by atoms with Gasteiger partial charge in [0, 0.05) is 23.9 Å². The van der Waals surface area contributed by atoms with Gasteiger partial charge in [-0.3, -0.25) is 19.0 Å². The van der Waals surface area contributed by atoms with Crippen LogP contribution >= 0.6 is 11.3 Å². The van der Waals surface area contributed by atoms with Crippen LogP contribution < -0.4 is 4.87 Å². The standard InChI is InChI=1S/C21H23NO4S/c1-3-4-9-22-17-11(2)14(7-8-15(17)27-21(22)26)20(25)16-18(23)12-5-6-13(10-12)19(16)24/h7-8,12-13,25H,3-6,9-10H2,1-2H3. The lowest BCUT2D eigenvalue weighted by atomic mass is 9.81. The molecule has 2 saturated carbocycles. The third kappa shape index (κ3) is 2.78. The summed E-state index contributed by atoms with van der Waals surface area (Å²) in [5.41, 5.74) is 1.98. The Hall–Kier alpha value is -2.21. The molecule has 6 heteroatoms. The van der Waals surface area contributed by atoms with Gasteiger partial charge in [0.25, 0.3) is 0 Å². The van der Waals surface area contributed by atoms with E-state index in [-0.39, 0.29) is 39.6 Å². The summed E-state index contributed by atoms with van der Waals surface area (Å²) in [5.74, 6) is -0.948. The van der Waals surface area contributed by atoms with Crippen molar-refractivity contribution in [3.05, 3.63) is 38.5 Å². The normalized spacial score (nSPS) is 22.1. The van der Waals surface area contributed by atoms with Gasteiger partial charge in [-0.15, -0.1) is 0 Å². The highest BCUT2D eigenvalue weighted by Gasteiger charge is 2.45. The van der Waals surface area contributed by atoms with E-state index in [0.717, 1.165) is 41.5 Å². The molecule has 1 aromatic carbocycles. The van der Waals surface area contributed by atoms with E-state index >= 15 is 0 Å². The van der Waals surface area contributed by atoms with Crippen LogP contribution in [0.4, 0.5) is 0 Å². The summed E-state index contributed by atoms with van der Waals surface area (Å²) in [4.78, 5) is 37.8. The maximum Gasteiger partial charge on any atom is 0.308 e. The molecule has 2 aliphatic carbocycles. The van der Waals surface area contributed by atoms with Gasteiger partial charge >= 0.3 is 4.87 Å². The maximum atomic E-state index is 12.7. The zero-order valence-corrected chi connectivity index (χ0v) is 16.4. The molecule has 142 valence electrons. The van der Waals surface area contributed by atoms with E-state index < -0.39 is 0 Å². The predicted octanol–water partition coefficient (Wildman–Crippen LogP) is 4.01. The van der Waals surface area contributed by atoms with Crippen molar-refractivity contribution >= 4 is 38.9 Å². The first-order valence-corrected chi connectivity index (χ1v) is 10.4. The van der Waals surface area contributed by atoms with Gasteiger partial charge in [0.2, 0.25) is 0 Å². The summed E-state index contributed by atoms with van der Waals surface area (Å²) < 4.78 is 2.60. The molecule has 0 amide bonds. The van der Waals surface area contributed by atoms with E-state index in [9.17, 15) is 19.5 Å². The van der Waals surface area contributed by atoms with E-state index in [1.807, 2.05) is 6.92 Å². The first kappa shape index (κ1) is 18.2. The number of aliphatic hydroxyl groups excluding tert-OH is 1. The molecule has 1 heterocycles. The molecule has 1 N–H and O–H groups in total. The van der Waals surface area contributed by atoms with Gasteiger partial charge in [-0.25, -0.2) is 0 Å². The van der Waals surface area contributed by atoms with Crippen molar-refractivity contribution in [1.82, 2.24) is 4.57 Å². The molecule has 1 aromatic heterocycles. The van der Waals surface area contributed by atoms with E-state index in [0.29, 0.717) is 18.5 Å². The molecule has 2 aliphatic rings. The summed E-state index contributed by atoms with van der Waals surface area (Å²) in [6.07, 6.45) is 3.94. The average Bonchev–Trinajstić information content (AvgIpc) is 3.22. The minimum atomic E-state index is -0.223. The van der Waals surface area contributed by atoms with Gasteiger partial charge in [-0.1, -0.05) is 24.7 Å². The monoisotopic (exact) mass is 385 g/mol. The van der Waals surface area contributed by atoms with Crippen LogP contribution in [0.3, 0.4) is 0 Å². The number of carbonyl (C=O) groups excluding carboxylic acids is 2. The van der Waals surface area contributed by atoms with Crippen LogP contribution in [-0.2, 0) is 16.1 Å². The Morgan fingerprint density at radius 2 is 1.85 bits per heavy atom. The van der Waals surface area contributed by atoms with Crippen LogP contribution in [0.25, 0.3) is 16.0 Å². The molecule has 27 heavy (non-hydrogen) atoms. The smallest absolute Gasteiger partial charge is 0.308 e. The predicted molar refractivity (Wildman–Crippen MR) is 106 cm³/mol. The van der Waals surface area contributed by atoms with Crippen LogP contribution in [-0.4, -0.2) is 21.2 Å². The number of benzene rings is 1. The number of nitrogens with zero attached hydrogens (tertiary/aromatic N) is 1. The minimum Gasteiger partial charge on any atom is -0.506 e. The fourth-order valence-corrected chi connectivity index (χ4v) is 5.44. The van der Waals surface area contributed by atoms with Crippen molar-refractivity contribution in [1.29, 1.82) is 0 Å². The van der Waals surface area contributed by atoms with Crippen molar-refractivity contribution in [2.45, 2.75) is 52.5 Å². The molecule has 0 saturated heterocycles. The Kier molecular flexibility index (Phi) is 4.54. The zero-order chi connectivity index (χ0) is 19.3. The summed E-state index contributed by atoms with van der Waals surface area (Å²) in [6, 6.07) is 3.52. The molecule has 2 atom stereocenters. The maximum absolute atomic E-state index is 12.7. The van der Waals surface area contributed by atoms with E-state index in [1.54, 1.807) is 16.7 Å². The molecule has 2 fully saturated rings. The fourth-order valence-electron chi connectivity index (χ4n) is 4.46. The number of aliphatic hydroxyl groups is 1. The van der Waals surface area contributed by atoms with Gasteiger partial charge < -0.3 is 5.11 Å². The van der Waals surface area contributed by atoms with Gasteiger partial charge in [0.15, 0.2) is 11.6 Å². The molecule has 2 bridgehead atoms. The lowest BCUT2D eigenvalue weighted by Gasteiger charge is -2.21. The van der Waals surface area contributed by atoms with Crippen molar-refractivity contribution in [2.75, 3.05) is 0 Å². The molecular formula is C21H23NO4S. The summed E-state index contributed by atoms with van der Waals surface area (Å²) >= 11 is 1.19. The summed E-state index contributed by atoms with van der Waals surface area (Å²) in [6.45, 7) is 4.54. The number of ketones is 2. The Labute approximate surface area is 161 Å². The lowest BCUT2D eigenvalue weighted by Crippen LogP contribution is -2.30. The van der Waals surface area contributed by atoms with Crippen LogP contribution in [0.15, 0.2) is 22.5 Å². The SMILES string of the molecule is CCCCn1c(=O)sc2ccc(C(O)=C3C(=O)C4CCC(C4)C3=O)c(C)c21. The largest absolute Gasteiger partial charge is 0.506 e. The molecule has 5 nitrogen and oxygen atoms in total. The Balaban J connectivity index is 1.89. The Morgan fingerprint density at radius 3 is 2.48 bits per heavy atom. The molecule has 0 aliphatic heterocycles. The van der Waals surface area contributed by atoms with Crippen LogP contribution in [0, 0.1) is 18.8 Å². The molecular weight excluding hydrogens is 362 g/mol. The zero-order valence-electron chi connectivity index (χ0n) is 15.6. The molecule has 0 radical (unpaired) electrons. The second-order valence-electron chi connectivity index (χ2n) is 7.62. The number of rotatable bonds is 4. The summed E-state index contributed by atoms with van der Waals surface area (Å²) in [5, 5.41) is 10.9. The van der Waals surface area contributed by atoms with Crippen LogP contribution in [0.1, 0.15) is 50.2 Å². The first-order valence-electron chi connectivity index (χ1n) is 9.59. The van der Waals surface area contributed by atoms with Crippen molar-refractivity contribution < 1.29 is 14.7 Å². The number of hydrogen-bond donors (Lipinski definition) is 1. The van der Waals surface area contributed by atoms with Gasteiger partial charge in [-0.05, 0) is 50.3 Å². The van der Waals surface area contributed by atoms with Crippen LogP contribution in [0.5, 0.6) is 0 Å². The number of carbonyl (C=O) groups is 2. The molecule has 4 rings (SSSR count). The first-order chi connectivity index (χ1) is 12.9. The number of allylic oxidation sites excluding steroid dienone is 1. The van der Waals surface area contributed by atoms with Crippen molar-refractivity contribution in [3.8, 4) is 0 Å². The minimum absolute atomic E-state index is 0.0197. The number of Topliss-reactive ketones (excluding diaryl/α,β-unsaturated/α-hetero) is 2. The van der Waals surface area contributed by atoms with Gasteiger partial charge in [0.1, 0.15) is 11.3 Å². The third-order valence-electron chi connectivity index (χ3n) is 5.98. The quantitative estimate of drug-likeness (QED) is 0.490. The van der Waals surface area contributed by atoms with E-state index in [1.165, 1.54) is 11.3 Å². The number of unbranched alkanes of at least 4 members (excludes halogenated alkanes) is 1. The van der Waals surface area contributed by atoms with E-state index in [4.69, 9.17) is 0 Å². The lowest BCUT2D eigenvalue weighted by molar-refractivity contribution is -0.127. The third-order valence-corrected chi connectivity index (χ3v) is 6.92. The number of fused-ring (bicyclic) bond motifs is 3. The average molecular weight is 385 g/mol. The number of aryl methyl sites for hydroxylation is 2. The highest BCUT2D eigenvalue weighted by Crippen LogP contribution is 2.42. The van der Waals surface area contributed by atoms with E-state index in [2.05, 4.69) is 6.92 Å². The Bertz CT molecular complexity index is 1020. The molecule has 2 aromatic rings. The highest BCUT2D eigenvalue weighted by atomic mass is 32.1. The topological polar surface area (TPSA) is 76.4 Å². The van der Waals surface area contributed by atoms with Crippen molar-refractivity contribution in [2.24, 2.45) is 11.8 Å². The Morgan fingerprint density at radius 1 is 1.19 bits per heavy atom. The molecule has 2 unspecified atom stereocenters. The van der Waals surface area contributed by atoms with Crippen LogP contribution in [0.2, 0.25) is 0 Å². The number of thiazole rings is 1. The number of aromatic nitrogens is 1. The summed E-state index contributed by atoms with van der Waals surface area (Å²) in [7, 11) is 0. The van der Waals surface area contributed by atoms with Gasteiger partial charge in [0.05, 0.1) is 10.2 Å². The second-order valence-corrected chi connectivity index (χ2v) is 8.61. The fraction of sp³-hybridized carbons (Fsp3) is 0.476. The second kappa shape index (κ2) is 6.75. The number of hydrogen-bond acceptors (Lipinski definition) is 5.